The second-order valence-corrected chi connectivity index (χ2v) is 12.7. The molecule has 1 amide bonds. The highest BCUT2D eigenvalue weighted by Crippen LogP contribution is 2.38. The fourth-order valence-electron chi connectivity index (χ4n) is 4.79. The molecule has 0 bridgehead atoms. The zero-order valence-corrected chi connectivity index (χ0v) is 26.9. The number of halogens is 4. The van der Waals surface area contributed by atoms with Gasteiger partial charge in [-0.2, -0.15) is 8.78 Å². The van der Waals surface area contributed by atoms with Gasteiger partial charge in [0.25, 0.3) is 0 Å². The van der Waals surface area contributed by atoms with Crippen molar-refractivity contribution >= 4 is 51.9 Å². The van der Waals surface area contributed by atoms with Crippen LogP contribution in [-0.4, -0.2) is 40.4 Å². The van der Waals surface area contributed by atoms with E-state index in [-0.39, 0.29) is 34.5 Å². The van der Waals surface area contributed by atoms with Crippen molar-refractivity contribution < 1.29 is 37.3 Å². The topological polar surface area (TPSA) is 101 Å². The first-order chi connectivity index (χ1) is 21.9. The Labute approximate surface area is 274 Å². The number of carbonyl (C=O) groups is 2. The number of hydrogen-bond acceptors (Lipinski definition) is 7. The van der Waals surface area contributed by atoms with E-state index in [1.807, 2.05) is 6.07 Å². The van der Waals surface area contributed by atoms with Crippen LogP contribution in [0.4, 0.5) is 19.3 Å². The maximum Gasteiger partial charge on any atom is 0.412 e. The number of nitrogens with zero attached hydrogens (tertiary/aromatic N) is 2. The SMILES string of the molecule is CC(C)(C)OC(=O)Nc1cccc2c1ccn2CC(=O)O[C@@H](Cc1c(Cl)cncc1Cl)c1ccc(OC(F)F)c(OCC2CC2)c1. The molecule has 2 aromatic heterocycles. The van der Waals surface area contributed by atoms with E-state index >= 15 is 0 Å². The van der Waals surface area contributed by atoms with Gasteiger partial charge in [-0.15, -0.1) is 0 Å². The summed E-state index contributed by atoms with van der Waals surface area (Å²) in [6, 6.07) is 11.5. The Kier molecular flexibility index (Phi) is 10.2. The van der Waals surface area contributed by atoms with Gasteiger partial charge in [-0.05, 0) is 81.0 Å². The number of rotatable bonds is 12. The van der Waals surface area contributed by atoms with Crippen LogP contribution < -0.4 is 14.8 Å². The molecule has 5 rings (SSSR count). The van der Waals surface area contributed by atoms with Crippen molar-refractivity contribution in [3.63, 3.8) is 0 Å². The third-order valence-corrected chi connectivity index (χ3v) is 7.74. The summed E-state index contributed by atoms with van der Waals surface area (Å²) < 4.78 is 49.9. The zero-order chi connectivity index (χ0) is 33.0. The van der Waals surface area contributed by atoms with Crippen LogP contribution >= 0.6 is 23.2 Å². The first kappa shape index (κ1) is 33.3. The Hall–Kier alpha value is -4.09. The summed E-state index contributed by atoms with van der Waals surface area (Å²) in [6.07, 6.45) is 5.10. The molecule has 1 fully saturated rings. The highest BCUT2D eigenvalue weighted by atomic mass is 35.5. The lowest BCUT2D eigenvalue weighted by Gasteiger charge is -2.22. The number of nitrogens with one attached hydrogen (secondary N) is 1. The van der Waals surface area contributed by atoms with Crippen LogP contribution in [0.3, 0.4) is 0 Å². The van der Waals surface area contributed by atoms with Gasteiger partial charge >= 0.3 is 18.7 Å². The van der Waals surface area contributed by atoms with Crippen LogP contribution in [0.1, 0.15) is 50.8 Å². The number of amides is 1. The van der Waals surface area contributed by atoms with Gasteiger partial charge in [0.1, 0.15) is 18.2 Å². The van der Waals surface area contributed by atoms with Crippen molar-refractivity contribution in [3.05, 3.63) is 82.2 Å². The molecule has 13 heteroatoms. The van der Waals surface area contributed by atoms with Gasteiger partial charge in [0.2, 0.25) is 0 Å². The Morgan fingerprint density at radius 3 is 2.48 bits per heavy atom. The summed E-state index contributed by atoms with van der Waals surface area (Å²) in [4.78, 5) is 29.9. The van der Waals surface area contributed by atoms with E-state index < -0.39 is 30.4 Å². The average molecular weight is 677 g/mol. The van der Waals surface area contributed by atoms with Gasteiger partial charge in [-0.1, -0.05) is 35.3 Å². The van der Waals surface area contributed by atoms with Gasteiger partial charge < -0.3 is 23.5 Å². The second-order valence-electron chi connectivity index (χ2n) is 11.9. The predicted octanol–water partition coefficient (Wildman–Crippen LogP) is 8.61. The standard InChI is InChI=1S/C33H33Cl2F2N3O6/c1-33(2,3)46-32(42)39-25-5-4-6-26-21(25)11-12-40(26)17-30(41)44-28(14-22-23(34)15-38-16-24(22)35)20-9-10-27(45-31(36)37)29(13-20)43-18-19-7-8-19/h4-6,9-13,15-16,19,28,31H,7-8,14,17-18H2,1-3H3,(H,39,42)/t28-/m0/s1. The molecule has 0 spiro atoms. The largest absolute Gasteiger partial charge is 0.489 e. The molecule has 1 N–H and O–H groups in total. The van der Waals surface area contributed by atoms with Crippen LogP contribution in [0.15, 0.2) is 61.1 Å². The number of fused-ring (bicyclic) bond motifs is 1. The third-order valence-electron chi connectivity index (χ3n) is 7.09. The van der Waals surface area contributed by atoms with Gasteiger partial charge in [-0.25, -0.2) is 4.79 Å². The van der Waals surface area contributed by atoms with Crippen LogP contribution in [0.25, 0.3) is 10.9 Å². The number of pyridine rings is 1. The number of alkyl halides is 2. The van der Waals surface area contributed by atoms with Crippen LogP contribution in [0.5, 0.6) is 11.5 Å². The summed E-state index contributed by atoms with van der Waals surface area (Å²) >= 11 is 12.8. The van der Waals surface area contributed by atoms with Crippen LogP contribution in [-0.2, 0) is 27.2 Å². The van der Waals surface area contributed by atoms with Gasteiger partial charge in [0.15, 0.2) is 11.5 Å². The maximum atomic E-state index is 13.5. The van der Waals surface area contributed by atoms with Crippen molar-refractivity contribution in [1.82, 2.24) is 9.55 Å². The number of esters is 1. The summed E-state index contributed by atoms with van der Waals surface area (Å²) in [6.45, 7) is 2.44. The van der Waals surface area contributed by atoms with E-state index in [0.717, 1.165) is 12.8 Å². The quantitative estimate of drug-likeness (QED) is 0.150. The molecule has 46 heavy (non-hydrogen) atoms. The van der Waals surface area contributed by atoms with E-state index in [4.69, 9.17) is 37.4 Å². The Balaban J connectivity index is 1.40. The first-order valence-corrected chi connectivity index (χ1v) is 15.4. The minimum atomic E-state index is -3.05. The van der Waals surface area contributed by atoms with E-state index in [0.29, 0.717) is 40.2 Å². The maximum absolute atomic E-state index is 13.5. The molecule has 9 nitrogen and oxygen atoms in total. The Morgan fingerprint density at radius 2 is 1.80 bits per heavy atom. The van der Waals surface area contributed by atoms with E-state index in [2.05, 4.69) is 15.0 Å². The van der Waals surface area contributed by atoms with Crippen molar-refractivity contribution in [2.75, 3.05) is 11.9 Å². The van der Waals surface area contributed by atoms with E-state index in [1.165, 1.54) is 30.6 Å². The number of ether oxygens (including phenoxy) is 4. The predicted molar refractivity (Wildman–Crippen MR) is 170 cm³/mol. The Bertz CT molecular complexity index is 1700. The molecule has 0 saturated heterocycles. The molecule has 1 atom stereocenters. The normalized spacial score (nSPS) is 13.8. The molecule has 1 aliphatic rings. The molecule has 2 aromatic carbocycles. The molecule has 4 aromatic rings. The van der Waals surface area contributed by atoms with Crippen LogP contribution in [0, 0.1) is 5.92 Å². The van der Waals surface area contributed by atoms with E-state index in [1.54, 1.807) is 49.7 Å². The highest BCUT2D eigenvalue weighted by Gasteiger charge is 2.26. The molecule has 2 heterocycles. The number of carbonyl (C=O) groups excluding carboxylic acids is 2. The summed E-state index contributed by atoms with van der Waals surface area (Å²) in [7, 11) is 0. The number of hydrogen-bond donors (Lipinski definition) is 1. The molecule has 1 saturated carbocycles. The van der Waals surface area contributed by atoms with Gasteiger partial charge in [-0.3, -0.25) is 15.1 Å². The molecule has 244 valence electrons. The summed E-state index contributed by atoms with van der Waals surface area (Å²) in [5.41, 5.74) is 1.48. The smallest absolute Gasteiger partial charge is 0.412 e. The summed E-state index contributed by atoms with van der Waals surface area (Å²) in [5.74, 6) is -0.261. The third kappa shape index (κ3) is 8.79. The zero-order valence-electron chi connectivity index (χ0n) is 25.4. The van der Waals surface area contributed by atoms with Crippen molar-refractivity contribution in [2.24, 2.45) is 5.92 Å². The van der Waals surface area contributed by atoms with Gasteiger partial charge in [0.05, 0.1) is 27.9 Å². The second kappa shape index (κ2) is 14.1. The van der Waals surface area contributed by atoms with Crippen molar-refractivity contribution in [1.29, 1.82) is 0 Å². The first-order valence-electron chi connectivity index (χ1n) is 14.6. The van der Waals surface area contributed by atoms with Crippen molar-refractivity contribution in [3.8, 4) is 11.5 Å². The summed E-state index contributed by atoms with van der Waals surface area (Å²) in [5, 5.41) is 4.00. The molecule has 1 aliphatic carbocycles. The molecule has 0 unspecified atom stereocenters. The average Bonchev–Trinajstić information content (AvgIpc) is 3.71. The molecule has 0 aliphatic heterocycles. The van der Waals surface area contributed by atoms with Crippen LogP contribution in [0.2, 0.25) is 10.0 Å². The van der Waals surface area contributed by atoms with Gasteiger partial charge in [0, 0.05) is 30.4 Å². The minimum absolute atomic E-state index is 0.0689. The fourth-order valence-corrected chi connectivity index (χ4v) is 5.31. The lowest BCUT2D eigenvalue weighted by molar-refractivity contribution is -0.150. The molecule has 0 radical (unpaired) electrons. The number of anilines is 1. The molecular weight excluding hydrogens is 643 g/mol. The number of aromatic nitrogens is 2. The minimum Gasteiger partial charge on any atom is -0.489 e. The lowest BCUT2D eigenvalue weighted by atomic mass is 10.0. The van der Waals surface area contributed by atoms with E-state index in [9.17, 15) is 18.4 Å². The number of benzene rings is 2. The Morgan fingerprint density at radius 1 is 1.07 bits per heavy atom. The lowest BCUT2D eigenvalue weighted by Crippen LogP contribution is -2.27. The highest BCUT2D eigenvalue weighted by molar-refractivity contribution is 6.35. The molecular formula is C33H33Cl2F2N3O6. The van der Waals surface area contributed by atoms with Crippen molar-refractivity contribution in [2.45, 2.75) is 64.9 Å². The fraction of sp³-hybridized carbons (Fsp3) is 0.364. The monoisotopic (exact) mass is 675 g/mol.